The lowest BCUT2D eigenvalue weighted by atomic mass is 10.1. The highest BCUT2D eigenvalue weighted by molar-refractivity contribution is 6.43. The Morgan fingerprint density at radius 2 is 1.91 bits per heavy atom. The average Bonchev–Trinajstić information content (AvgIpc) is 2.40. The Hall–Kier alpha value is -1.56. The van der Waals surface area contributed by atoms with Crippen molar-refractivity contribution in [2.75, 3.05) is 5.32 Å². The van der Waals surface area contributed by atoms with E-state index in [9.17, 15) is 4.79 Å². The maximum absolute atomic E-state index is 12.0. The van der Waals surface area contributed by atoms with E-state index in [-0.39, 0.29) is 11.0 Å². The quantitative estimate of drug-likeness (QED) is 0.759. The smallest absolute Gasteiger partial charge is 0.413 e. The molecule has 5 nitrogen and oxygen atoms in total. The second-order valence-electron chi connectivity index (χ2n) is 5.62. The van der Waals surface area contributed by atoms with Gasteiger partial charge < -0.3 is 4.74 Å². The van der Waals surface area contributed by atoms with Crippen LogP contribution < -0.4 is 5.32 Å². The van der Waals surface area contributed by atoms with Gasteiger partial charge in [0.05, 0.1) is 16.2 Å². The van der Waals surface area contributed by atoms with Gasteiger partial charge in [-0.2, -0.15) is 0 Å². The molecule has 0 saturated heterocycles. The van der Waals surface area contributed by atoms with Crippen molar-refractivity contribution < 1.29 is 9.53 Å². The van der Waals surface area contributed by atoms with Gasteiger partial charge >= 0.3 is 6.09 Å². The molecule has 2 rings (SSSR count). The minimum atomic E-state index is -0.673. The summed E-state index contributed by atoms with van der Waals surface area (Å²) in [6.45, 7) is 5.26. The molecular weight excluding hydrogens is 361 g/mol. The van der Waals surface area contributed by atoms with Crippen LogP contribution in [-0.2, 0) is 4.74 Å². The van der Waals surface area contributed by atoms with E-state index in [2.05, 4.69) is 15.3 Å². The molecule has 1 N–H and O–H groups in total. The summed E-state index contributed by atoms with van der Waals surface area (Å²) in [6, 6.07) is 5.08. The summed E-state index contributed by atoms with van der Waals surface area (Å²) in [5, 5.41) is 3.32. The Balaban J connectivity index is 2.42. The van der Waals surface area contributed by atoms with Gasteiger partial charge in [-0.25, -0.2) is 14.8 Å². The Morgan fingerprint density at radius 1 is 1.22 bits per heavy atom. The fourth-order valence-electron chi connectivity index (χ4n) is 1.74. The molecule has 1 heterocycles. The zero-order chi connectivity index (χ0) is 17.2. The molecule has 0 spiro atoms. The lowest BCUT2D eigenvalue weighted by Gasteiger charge is -2.20. The highest BCUT2D eigenvalue weighted by Gasteiger charge is 2.20. The molecule has 2 aromatic rings. The van der Waals surface area contributed by atoms with Crippen molar-refractivity contribution in [1.82, 2.24) is 9.97 Å². The number of hydrogen-bond donors (Lipinski definition) is 1. The van der Waals surface area contributed by atoms with Crippen molar-refractivity contribution in [2.45, 2.75) is 26.4 Å². The van der Waals surface area contributed by atoms with Gasteiger partial charge in [0.1, 0.15) is 16.4 Å². The molecule has 0 saturated carbocycles. The van der Waals surface area contributed by atoms with Crippen LogP contribution in [0.3, 0.4) is 0 Å². The minimum Gasteiger partial charge on any atom is -0.444 e. The van der Waals surface area contributed by atoms with Crippen LogP contribution in [0.25, 0.3) is 11.3 Å². The number of anilines is 1. The molecule has 122 valence electrons. The number of halogens is 3. The maximum Gasteiger partial charge on any atom is 0.413 e. The van der Waals surface area contributed by atoms with E-state index >= 15 is 0 Å². The zero-order valence-corrected chi connectivity index (χ0v) is 14.9. The Kier molecular flexibility index (Phi) is 5.34. The molecule has 0 unspecified atom stereocenters. The summed E-state index contributed by atoms with van der Waals surface area (Å²) in [5.41, 5.74) is 0.214. The summed E-state index contributed by atoms with van der Waals surface area (Å²) in [5.74, 6) is 0.135. The second-order valence-corrected chi connectivity index (χ2v) is 6.79. The third kappa shape index (κ3) is 4.70. The number of rotatable bonds is 2. The van der Waals surface area contributed by atoms with E-state index in [1.165, 1.54) is 6.20 Å². The number of benzene rings is 1. The van der Waals surface area contributed by atoms with Crippen LogP contribution >= 0.6 is 34.8 Å². The summed E-state index contributed by atoms with van der Waals surface area (Å²) in [6.07, 6.45) is 0.683. The minimum absolute atomic E-state index is 0.123. The Bertz CT molecular complexity index is 745. The molecule has 8 heteroatoms. The van der Waals surface area contributed by atoms with Crippen LogP contribution in [-0.4, -0.2) is 21.7 Å². The van der Waals surface area contributed by atoms with Gasteiger partial charge in [-0.15, -0.1) is 0 Å². The third-order valence-electron chi connectivity index (χ3n) is 2.57. The fourth-order valence-corrected chi connectivity index (χ4v) is 2.26. The molecule has 1 amide bonds. The first-order valence-corrected chi connectivity index (χ1v) is 7.77. The number of nitrogens with one attached hydrogen (secondary N) is 1. The number of aromatic nitrogens is 2. The van der Waals surface area contributed by atoms with Gasteiger partial charge in [-0.05, 0) is 26.8 Å². The molecule has 1 aromatic carbocycles. The van der Waals surface area contributed by atoms with Crippen molar-refractivity contribution in [3.8, 4) is 11.3 Å². The predicted molar refractivity (Wildman–Crippen MR) is 92.4 cm³/mol. The highest BCUT2D eigenvalue weighted by atomic mass is 35.5. The van der Waals surface area contributed by atoms with E-state index in [0.717, 1.165) is 0 Å². The van der Waals surface area contributed by atoms with Gasteiger partial charge in [0.2, 0.25) is 0 Å². The van der Waals surface area contributed by atoms with E-state index in [0.29, 0.717) is 21.3 Å². The first-order valence-electron chi connectivity index (χ1n) is 6.64. The standard InChI is InChI=1S/C15H14Cl3N3O2/c1-15(2,3)23-14(22)21-13-12(19-7-10(17)20-13)8-5-4-6-9(16)11(8)18/h4-7H,1-3H3,(H,20,21,22). The van der Waals surface area contributed by atoms with Crippen LogP contribution in [0.5, 0.6) is 0 Å². The topological polar surface area (TPSA) is 64.1 Å². The number of carbonyl (C=O) groups is 1. The van der Waals surface area contributed by atoms with Crippen molar-refractivity contribution in [3.05, 3.63) is 39.6 Å². The maximum atomic E-state index is 12.0. The monoisotopic (exact) mass is 373 g/mol. The van der Waals surface area contributed by atoms with Gasteiger partial charge in [-0.1, -0.05) is 46.9 Å². The van der Waals surface area contributed by atoms with Crippen molar-refractivity contribution in [1.29, 1.82) is 0 Å². The van der Waals surface area contributed by atoms with Gasteiger partial charge in [0.25, 0.3) is 0 Å². The summed E-state index contributed by atoms with van der Waals surface area (Å²) >= 11 is 18.1. The number of ether oxygens (including phenoxy) is 1. The molecule has 0 radical (unpaired) electrons. The van der Waals surface area contributed by atoms with Crippen LogP contribution in [0, 0.1) is 0 Å². The van der Waals surface area contributed by atoms with Crippen LogP contribution in [0.1, 0.15) is 20.8 Å². The van der Waals surface area contributed by atoms with E-state index in [1.54, 1.807) is 39.0 Å². The SMILES string of the molecule is CC(C)(C)OC(=O)Nc1nc(Cl)cnc1-c1cccc(Cl)c1Cl. The molecule has 0 aliphatic carbocycles. The largest absolute Gasteiger partial charge is 0.444 e. The predicted octanol–water partition coefficient (Wildman–Crippen LogP) is 5.45. The van der Waals surface area contributed by atoms with Crippen molar-refractivity contribution in [3.63, 3.8) is 0 Å². The zero-order valence-electron chi connectivity index (χ0n) is 12.7. The van der Waals surface area contributed by atoms with Crippen LogP contribution in [0.2, 0.25) is 15.2 Å². The molecule has 0 fully saturated rings. The Morgan fingerprint density at radius 3 is 2.57 bits per heavy atom. The van der Waals surface area contributed by atoms with Crippen molar-refractivity contribution in [2.24, 2.45) is 0 Å². The normalized spacial score (nSPS) is 11.2. The van der Waals surface area contributed by atoms with Gasteiger partial charge in [0.15, 0.2) is 5.82 Å². The molecule has 23 heavy (non-hydrogen) atoms. The third-order valence-corrected chi connectivity index (χ3v) is 3.57. The number of carbonyl (C=O) groups excluding carboxylic acids is 1. The molecule has 0 bridgehead atoms. The highest BCUT2D eigenvalue weighted by Crippen LogP contribution is 2.35. The first kappa shape index (κ1) is 17.8. The summed E-state index contributed by atoms with van der Waals surface area (Å²) < 4.78 is 5.21. The van der Waals surface area contributed by atoms with Crippen LogP contribution in [0.15, 0.2) is 24.4 Å². The van der Waals surface area contributed by atoms with E-state index in [4.69, 9.17) is 39.5 Å². The molecule has 0 aliphatic rings. The first-order chi connectivity index (χ1) is 10.7. The van der Waals surface area contributed by atoms with Crippen molar-refractivity contribution >= 4 is 46.7 Å². The number of hydrogen-bond acceptors (Lipinski definition) is 4. The molecular formula is C15H14Cl3N3O2. The average molecular weight is 375 g/mol. The number of nitrogens with zero attached hydrogens (tertiary/aromatic N) is 2. The van der Waals surface area contributed by atoms with E-state index in [1.807, 2.05) is 0 Å². The van der Waals surface area contributed by atoms with Gasteiger partial charge in [-0.3, -0.25) is 5.32 Å². The lowest BCUT2D eigenvalue weighted by Crippen LogP contribution is -2.27. The van der Waals surface area contributed by atoms with Gasteiger partial charge in [0, 0.05) is 5.56 Å². The van der Waals surface area contributed by atoms with E-state index < -0.39 is 11.7 Å². The lowest BCUT2D eigenvalue weighted by molar-refractivity contribution is 0.0635. The number of amides is 1. The summed E-state index contributed by atoms with van der Waals surface area (Å²) in [7, 11) is 0. The Labute approximate surface area is 148 Å². The molecule has 0 atom stereocenters. The van der Waals surface area contributed by atoms with Crippen LogP contribution in [0.4, 0.5) is 10.6 Å². The molecule has 1 aromatic heterocycles. The second kappa shape index (κ2) is 6.91. The fraction of sp³-hybridized carbons (Fsp3) is 0.267. The summed E-state index contributed by atoms with van der Waals surface area (Å²) in [4.78, 5) is 20.2. The molecule has 0 aliphatic heterocycles.